The molecule has 34 heteroatoms. The molecule has 0 saturated carbocycles. The van der Waals surface area contributed by atoms with Crippen molar-refractivity contribution in [1.82, 2.24) is 54.8 Å². The van der Waals surface area contributed by atoms with E-state index < -0.39 is 73.6 Å². The number of rotatable bonds is 30. The first-order chi connectivity index (χ1) is 46.7. The maximum Gasteiger partial charge on any atom is 0.294 e. The van der Waals surface area contributed by atoms with E-state index in [0.29, 0.717) is 114 Å². The molecule has 3 aromatic carbocycles. The van der Waals surface area contributed by atoms with E-state index in [9.17, 15) is 61.5 Å². The van der Waals surface area contributed by atoms with Crippen molar-refractivity contribution in [2.45, 2.75) is 126 Å². The van der Waals surface area contributed by atoms with Crippen LogP contribution in [-0.2, 0) is 63.1 Å². The Morgan fingerprint density at radius 2 is 1.52 bits per heavy atom. The molecule has 6 heterocycles. The van der Waals surface area contributed by atoms with Gasteiger partial charge in [0, 0.05) is 87.3 Å². The first-order valence-electron chi connectivity index (χ1n) is 32.4. The number of methoxy groups -OCH3 is 1. The van der Waals surface area contributed by atoms with E-state index in [0.717, 1.165) is 0 Å². The number of aryl methyl sites for hydroxylation is 1. The van der Waals surface area contributed by atoms with Gasteiger partial charge in [-0.25, -0.2) is 13.4 Å². The van der Waals surface area contributed by atoms with Crippen molar-refractivity contribution in [2.24, 2.45) is 7.05 Å². The molecular weight excluding hydrogens is 1360 g/mol. The van der Waals surface area contributed by atoms with E-state index in [1.807, 2.05) is 35.3 Å². The molecule has 3 aromatic heterocycles. The number of unbranched alkanes of at least 4 members (excludes halogenated alkanes) is 2. The predicted molar refractivity (Wildman–Crippen MR) is 373 cm³/mol. The van der Waals surface area contributed by atoms with Gasteiger partial charge in [-0.3, -0.25) is 32.6 Å². The average Bonchev–Trinajstić information content (AvgIpc) is 1.59. The number of nitrogens with zero attached hydrogens (tertiary/aromatic N) is 12. The van der Waals surface area contributed by atoms with E-state index in [1.54, 1.807) is 83.6 Å². The summed E-state index contributed by atoms with van der Waals surface area (Å²) in [6.07, 6.45) is 17.3. The molecule has 1 saturated heterocycles. The van der Waals surface area contributed by atoms with E-state index in [2.05, 4.69) is 72.0 Å². The minimum Gasteiger partial charge on any atom is -0.744 e. The minimum absolute atomic E-state index is 0.00669. The van der Waals surface area contributed by atoms with Gasteiger partial charge >= 0.3 is 0 Å². The summed E-state index contributed by atoms with van der Waals surface area (Å²) < 4.78 is 149. The quantitative estimate of drug-likeness (QED) is 0.0109. The number of amides is 2. The van der Waals surface area contributed by atoms with Crippen molar-refractivity contribution in [3.63, 3.8) is 0 Å². The summed E-state index contributed by atoms with van der Waals surface area (Å²) in [5, 5.41) is 26.2. The number of hydrogen-bond donors (Lipinski definition) is 6. The third kappa shape index (κ3) is 19.1. The summed E-state index contributed by atoms with van der Waals surface area (Å²) >= 11 is 0. The van der Waals surface area contributed by atoms with Crippen molar-refractivity contribution in [1.29, 1.82) is 0 Å². The maximum atomic E-state index is 13.7. The number of fused-ring (bicyclic) bond motifs is 2. The van der Waals surface area contributed by atoms with Crippen LogP contribution in [0.15, 0.2) is 119 Å². The van der Waals surface area contributed by atoms with Crippen LogP contribution in [0.25, 0.3) is 11.4 Å². The van der Waals surface area contributed by atoms with Crippen LogP contribution in [0.5, 0.6) is 5.75 Å². The topological polar surface area (TPSA) is 400 Å². The number of carbonyl (C=O) groups is 2. The third-order valence-electron chi connectivity index (χ3n) is 17.9. The largest absolute Gasteiger partial charge is 0.744 e. The summed E-state index contributed by atoms with van der Waals surface area (Å²) in [4.78, 5) is 40.9. The number of likely N-dealkylation sites (tertiary alicyclic amines) is 1. The van der Waals surface area contributed by atoms with Crippen LogP contribution >= 0.6 is 0 Å². The van der Waals surface area contributed by atoms with Crippen molar-refractivity contribution in [3.8, 4) is 17.1 Å². The lowest BCUT2D eigenvalue weighted by atomic mass is 9.77. The fourth-order valence-corrected chi connectivity index (χ4v) is 14.6. The maximum absolute atomic E-state index is 13.7. The van der Waals surface area contributed by atoms with Crippen LogP contribution in [0.1, 0.15) is 127 Å². The van der Waals surface area contributed by atoms with Gasteiger partial charge in [-0.2, -0.15) is 45.0 Å². The highest BCUT2D eigenvalue weighted by atomic mass is 32.2. The Kier molecular flexibility index (Phi) is 24.9. The number of allylic oxidation sites excluding steroid dienone is 6. The van der Waals surface area contributed by atoms with Gasteiger partial charge in [0.05, 0.1) is 63.0 Å². The molecule has 30 nitrogen and oxygen atoms in total. The lowest BCUT2D eigenvalue weighted by Crippen LogP contribution is -2.39. The lowest BCUT2D eigenvalue weighted by Gasteiger charge is -2.32. The molecular formula is C65H87N15O15S4. The molecule has 3 aliphatic heterocycles. The highest BCUT2D eigenvalue weighted by Crippen LogP contribution is 2.52. The molecule has 0 bridgehead atoms. The number of hydrogen-bond acceptors (Lipinski definition) is 22. The van der Waals surface area contributed by atoms with Crippen molar-refractivity contribution < 1.29 is 70.8 Å². The highest BCUT2D eigenvalue weighted by Gasteiger charge is 2.46. The van der Waals surface area contributed by atoms with Crippen molar-refractivity contribution >= 4 is 92.5 Å². The number of para-hydroxylation sites is 1. The number of nitrogens with one attached hydrogen (secondary N) is 3. The van der Waals surface area contributed by atoms with Gasteiger partial charge in [0.2, 0.25) is 17.5 Å². The lowest BCUT2D eigenvalue weighted by molar-refractivity contribution is -0.437. The van der Waals surface area contributed by atoms with E-state index in [4.69, 9.17) is 4.74 Å². The molecule has 1 unspecified atom stereocenters. The van der Waals surface area contributed by atoms with Crippen LogP contribution in [0.4, 0.5) is 34.5 Å². The molecule has 2 amide bonds. The van der Waals surface area contributed by atoms with Gasteiger partial charge in [0.25, 0.3) is 36.3 Å². The third-order valence-corrected chi connectivity index (χ3v) is 21.1. The van der Waals surface area contributed by atoms with Crippen LogP contribution in [0, 0.1) is 0 Å². The smallest absolute Gasteiger partial charge is 0.294 e. The summed E-state index contributed by atoms with van der Waals surface area (Å²) in [7, 11) is -13.5. The SMILES string of the molecule is CCN(CC)CC.CNC(=O)c1nnc(Nc2cnn(C3CCN(C(=O)CCCCCC4(C)C(=CC=CC=CC5=[N+](CCCS(=O)(=O)O)c6ccc(S(=O)(=O)[O-])cc6C5(C)C)N(CCCS(=O)(=O)O)c5ccc(S(=O)(=O)O)cc54)CC3)c2)nc1Nc1cccc(-c2ncn(C)n2)c1OC. The van der Waals surface area contributed by atoms with Gasteiger partial charge in [-0.15, -0.1) is 10.2 Å². The van der Waals surface area contributed by atoms with Gasteiger partial charge in [-0.1, -0.05) is 57.9 Å². The first-order valence-corrected chi connectivity index (χ1v) is 38.5. The Hall–Kier alpha value is -8.35. The van der Waals surface area contributed by atoms with Gasteiger partial charge in [-0.05, 0) is 127 Å². The average molecular weight is 1450 g/mol. The number of piperidine rings is 1. The fourth-order valence-electron chi connectivity index (χ4n) is 12.6. The molecule has 536 valence electrons. The zero-order valence-corrected chi connectivity index (χ0v) is 60.1. The molecule has 1 atom stereocenters. The fraction of sp³-hybridized carbons (Fsp3) is 0.462. The van der Waals surface area contributed by atoms with Crippen LogP contribution in [0.2, 0.25) is 0 Å². The van der Waals surface area contributed by atoms with Gasteiger partial charge in [0.1, 0.15) is 23.0 Å². The second-order valence-corrected chi connectivity index (χ2v) is 30.7. The zero-order valence-electron chi connectivity index (χ0n) is 56.9. The number of carbonyl (C=O) groups excluding carboxylic acids is 2. The summed E-state index contributed by atoms with van der Waals surface area (Å²) in [6.45, 7) is 16.8. The highest BCUT2D eigenvalue weighted by molar-refractivity contribution is 7.86. The Morgan fingerprint density at radius 3 is 2.14 bits per heavy atom. The molecule has 99 heavy (non-hydrogen) atoms. The Morgan fingerprint density at radius 1 is 0.828 bits per heavy atom. The Balaban J connectivity index is 0.00000169. The molecule has 0 spiro atoms. The monoisotopic (exact) mass is 1450 g/mol. The molecule has 6 N–H and O–H groups in total. The normalized spacial score (nSPS) is 17.0. The second kappa shape index (κ2) is 32.3. The molecule has 3 aliphatic rings. The molecule has 0 aliphatic carbocycles. The predicted octanol–water partition coefficient (Wildman–Crippen LogP) is 7.74. The van der Waals surface area contributed by atoms with Gasteiger partial charge in [0.15, 0.2) is 28.8 Å². The number of ether oxygens (including phenoxy) is 1. The van der Waals surface area contributed by atoms with Crippen LogP contribution in [-0.4, -0.2) is 195 Å². The van der Waals surface area contributed by atoms with E-state index in [-0.39, 0.29) is 66.7 Å². The minimum atomic E-state index is -4.83. The summed E-state index contributed by atoms with van der Waals surface area (Å²) in [5.74, 6) is -0.643. The number of aromatic nitrogens is 8. The molecule has 9 rings (SSSR count). The standard InChI is InChI=1S/C59H72N14O15S4.C6H15N/c1-58(2)44-34-41(91(82,83)84)21-23-47(44)71(28-14-32-89(76,77)78)49(58)18-9-7-10-19-50-59(3,45-35-42(92(85,86)87)22-24-48(45)72(50)29-15-33-90(79,80)81)27-12-8-11-20-51(74)70-30-25-40(26-31-70)73-37-39(36-62-73)63-57-65-55(52(66-67-57)56(75)60-4)64-46-17-13-16-43(53(46)88-6)54-61-38-69(5)68-54;1-4-7(5-2)6-3/h7,9-10,13,16-19,21-24,34-38,40H,8,11-12,14-15,20,25-33H2,1-6H3,(H6-,60,63,64,65,67,75,76,77,78,79,80,81,82,83,84,85,86,87);4-6H2,1-3H3. The van der Waals surface area contributed by atoms with E-state index in [1.165, 1.54) is 70.2 Å². The molecule has 0 radical (unpaired) electrons. The van der Waals surface area contributed by atoms with Crippen LogP contribution < -0.4 is 25.6 Å². The Labute approximate surface area is 578 Å². The molecule has 6 aromatic rings. The number of benzene rings is 3. The second-order valence-electron chi connectivity index (χ2n) is 24.8. The molecule has 1 fully saturated rings. The van der Waals surface area contributed by atoms with Crippen molar-refractivity contribution in [2.75, 3.05) is 87.0 Å². The summed E-state index contributed by atoms with van der Waals surface area (Å²) in [5.41, 5.74) is 3.09. The van der Waals surface area contributed by atoms with Crippen molar-refractivity contribution in [3.05, 3.63) is 126 Å². The first kappa shape index (κ1) is 76.4. The van der Waals surface area contributed by atoms with Gasteiger partial charge < -0.3 is 39.9 Å². The zero-order chi connectivity index (χ0) is 72.3. The Bertz CT molecular complexity index is 4520. The van der Waals surface area contributed by atoms with E-state index >= 15 is 0 Å². The summed E-state index contributed by atoms with van der Waals surface area (Å²) in [6, 6.07) is 13.4. The van der Waals surface area contributed by atoms with Crippen LogP contribution in [0.3, 0.4) is 0 Å². The number of anilines is 5.